The molecule has 88 valence electrons. The summed E-state index contributed by atoms with van der Waals surface area (Å²) >= 11 is 0. The van der Waals surface area contributed by atoms with E-state index < -0.39 is 6.95 Å². The Morgan fingerprint density at radius 2 is 0.714 bits per heavy atom. The maximum absolute atomic E-state index is 3.29. The zero-order valence-electron chi connectivity index (χ0n) is 11.6. The summed E-state index contributed by atoms with van der Waals surface area (Å²) in [5, 5.41) is 1.27. The molecule has 0 saturated heterocycles. The van der Waals surface area contributed by atoms with Crippen molar-refractivity contribution < 1.29 is 0 Å². The van der Waals surface area contributed by atoms with Crippen molar-refractivity contribution in [3.63, 3.8) is 0 Å². The summed E-state index contributed by atoms with van der Waals surface area (Å²) < 4.78 is 0. The number of hydrogen-bond donors (Lipinski definition) is 0. The molecule has 1 atom stereocenters. The molecule has 0 fully saturated rings. The summed E-state index contributed by atoms with van der Waals surface area (Å²) in [5.74, 6) is 0. The minimum absolute atomic E-state index is 0.425. The number of hydrogen-bond acceptors (Lipinski definition) is 0. The second-order valence-corrected chi connectivity index (χ2v) is 16.3. The van der Waals surface area contributed by atoms with Crippen LogP contribution in [0.3, 0.4) is 0 Å². The summed E-state index contributed by atoms with van der Waals surface area (Å²) in [5.41, 5.74) is 0. The first-order valence-electron chi connectivity index (χ1n) is 5.54. The van der Waals surface area contributed by atoms with Crippen LogP contribution in [-0.2, 0) is 0 Å². The molecule has 2 heteroatoms. The van der Waals surface area contributed by atoms with Crippen LogP contribution in [0.25, 0.3) is 0 Å². The SMILES string of the molecule is CC(C)(C)[PH](P)(C(C)(C)C)C(C)(C)C. The second kappa shape index (κ2) is 3.71. The Hall–Kier alpha value is 0.860. The minimum atomic E-state index is -1.44. The van der Waals surface area contributed by atoms with Crippen molar-refractivity contribution >= 4 is 15.9 Å². The zero-order valence-corrected chi connectivity index (χ0v) is 13.7. The second-order valence-electron chi connectivity index (χ2n) is 7.56. The molecule has 0 N–H and O–H groups in total. The van der Waals surface area contributed by atoms with E-state index in [1.165, 1.54) is 0 Å². The molecule has 0 aromatic heterocycles. The molecule has 0 rings (SSSR count). The fraction of sp³-hybridized carbons (Fsp3) is 1.00. The average Bonchev–Trinajstić information content (AvgIpc) is 1.77. The Morgan fingerprint density at radius 3 is 0.714 bits per heavy atom. The van der Waals surface area contributed by atoms with Gasteiger partial charge in [0.2, 0.25) is 0 Å². The molecule has 0 aromatic rings. The molecule has 14 heavy (non-hydrogen) atoms. The fourth-order valence-corrected chi connectivity index (χ4v) is 10.1. The monoisotopic (exact) mass is 236 g/mol. The van der Waals surface area contributed by atoms with Gasteiger partial charge in [-0.2, -0.15) is 0 Å². The molecule has 0 spiro atoms. The third-order valence-corrected chi connectivity index (χ3v) is 18.4. The van der Waals surface area contributed by atoms with Gasteiger partial charge < -0.3 is 0 Å². The van der Waals surface area contributed by atoms with Gasteiger partial charge in [-0.25, -0.2) is 0 Å². The van der Waals surface area contributed by atoms with Crippen molar-refractivity contribution in [2.24, 2.45) is 0 Å². The predicted molar refractivity (Wildman–Crippen MR) is 77.3 cm³/mol. The first-order valence-corrected chi connectivity index (χ1v) is 9.35. The van der Waals surface area contributed by atoms with E-state index in [2.05, 4.69) is 71.2 Å². The van der Waals surface area contributed by atoms with E-state index in [-0.39, 0.29) is 0 Å². The first-order chi connectivity index (χ1) is 5.75. The quantitative estimate of drug-likeness (QED) is 0.523. The molecule has 0 heterocycles. The van der Waals surface area contributed by atoms with E-state index in [1.807, 2.05) is 0 Å². The van der Waals surface area contributed by atoms with Gasteiger partial charge in [0.1, 0.15) is 0 Å². The molecule has 0 bridgehead atoms. The summed E-state index contributed by atoms with van der Waals surface area (Å²) in [6.45, 7) is 20.2. The van der Waals surface area contributed by atoms with Gasteiger partial charge in [0, 0.05) is 0 Å². The zero-order chi connectivity index (χ0) is 12.0. The van der Waals surface area contributed by atoms with Gasteiger partial charge in [-0.3, -0.25) is 0 Å². The van der Waals surface area contributed by atoms with Gasteiger partial charge >= 0.3 is 93.7 Å². The van der Waals surface area contributed by atoms with E-state index in [1.54, 1.807) is 0 Å². The third kappa shape index (κ3) is 2.33. The van der Waals surface area contributed by atoms with Crippen molar-refractivity contribution in [1.29, 1.82) is 0 Å². The van der Waals surface area contributed by atoms with Crippen molar-refractivity contribution in [3.8, 4) is 0 Å². The molecule has 0 aliphatic heterocycles. The van der Waals surface area contributed by atoms with Gasteiger partial charge in [0.15, 0.2) is 0 Å². The molecule has 0 amide bonds. The summed E-state index contributed by atoms with van der Waals surface area (Å²) in [6.07, 6.45) is 0. The molecule has 0 aromatic carbocycles. The third-order valence-electron chi connectivity index (χ3n) is 3.55. The molecule has 0 aliphatic carbocycles. The fourth-order valence-electron chi connectivity index (χ4n) is 3.38. The topological polar surface area (TPSA) is 0 Å². The molecule has 0 saturated carbocycles. The van der Waals surface area contributed by atoms with E-state index >= 15 is 0 Å². The van der Waals surface area contributed by atoms with Crippen LogP contribution in [-0.4, -0.2) is 15.5 Å². The first kappa shape index (κ1) is 14.9. The maximum atomic E-state index is 3.29. The van der Waals surface area contributed by atoms with Crippen LogP contribution in [0.4, 0.5) is 0 Å². The Kier molecular flexibility index (Phi) is 3.94. The molecular weight excluding hydrogens is 206 g/mol. The van der Waals surface area contributed by atoms with Crippen molar-refractivity contribution in [2.75, 3.05) is 0 Å². The molecule has 0 nitrogen and oxygen atoms in total. The molecule has 0 radical (unpaired) electrons. The van der Waals surface area contributed by atoms with Crippen molar-refractivity contribution in [1.82, 2.24) is 0 Å². The standard InChI is InChI=1S/C12H30P2/c1-10(2,3)14(13,11(4,5)6)12(7,8)9/h14H,13H2,1-9H3. The van der Waals surface area contributed by atoms with Gasteiger partial charge in [-0.15, -0.1) is 0 Å². The van der Waals surface area contributed by atoms with E-state index in [0.717, 1.165) is 0 Å². The Morgan fingerprint density at radius 1 is 0.571 bits per heavy atom. The van der Waals surface area contributed by atoms with Crippen LogP contribution in [0.2, 0.25) is 0 Å². The summed E-state index contributed by atoms with van der Waals surface area (Å²) in [4.78, 5) is 0. The van der Waals surface area contributed by atoms with Crippen LogP contribution in [0.15, 0.2) is 0 Å². The summed E-state index contributed by atoms with van der Waals surface area (Å²) in [6, 6.07) is 0. The van der Waals surface area contributed by atoms with E-state index in [4.69, 9.17) is 0 Å². The number of rotatable bonds is 0. The van der Waals surface area contributed by atoms with Gasteiger partial charge in [-0.05, 0) is 0 Å². The Labute approximate surface area is 94.1 Å². The van der Waals surface area contributed by atoms with Crippen LogP contribution in [0.5, 0.6) is 0 Å². The predicted octanol–water partition coefficient (Wildman–Crippen LogP) is 4.92. The van der Waals surface area contributed by atoms with Gasteiger partial charge in [-0.1, -0.05) is 0 Å². The van der Waals surface area contributed by atoms with E-state index in [0.29, 0.717) is 15.5 Å². The van der Waals surface area contributed by atoms with Crippen molar-refractivity contribution in [2.45, 2.75) is 77.8 Å². The van der Waals surface area contributed by atoms with Crippen molar-refractivity contribution in [3.05, 3.63) is 0 Å². The molecule has 0 aliphatic rings. The Balaban J connectivity index is 5.54. The van der Waals surface area contributed by atoms with Gasteiger partial charge in [0.25, 0.3) is 0 Å². The average molecular weight is 236 g/mol. The van der Waals surface area contributed by atoms with Crippen LogP contribution >= 0.6 is 15.9 Å². The van der Waals surface area contributed by atoms with Crippen LogP contribution in [0, 0.1) is 0 Å². The molecular formula is C12H30P2. The normalized spacial score (nSPS) is 17.0. The Bertz CT molecular complexity index is 162. The molecule has 1 unspecified atom stereocenters. The van der Waals surface area contributed by atoms with Gasteiger partial charge in [0.05, 0.1) is 0 Å². The summed E-state index contributed by atoms with van der Waals surface area (Å²) in [7, 11) is 3.29. The van der Waals surface area contributed by atoms with E-state index in [9.17, 15) is 0 Å². The van der Waals surface area contributed by atoms with Crippen LogP contribution in [0.1, 0.15) is 62.3 Å². The van der Waals surface area contributed by atoms with Crippen LogP contribution < -0.4 is 0 Å².